The van der Waals surface area contributed by atoms with Crippen LogP contribution in [-0.4, -0.2) is 27.6 Å². The average molecular weight is 412 g/mol. The van der Waals surface area contributed by atoms with Gasteiger partial charge in [-0.15, -0.1) is 22.7 Å². The van der Waals surface area contributed by atoms with Gasteiger partial charge in [0.25, 0.3) is 11.5 Å². The molecule has 0 aliphatic carbocycles. The molecule has 4 rings (SSSR count). The first-order valence-corrected chi connectivity index (χ1v) is 10.0. The van der Waals surface area contributed by atoms with Gasteiger partial charge in [0, 0.05) is 18.0 Å². The maximum Gasteiger partial charge on any atom is 0.267 e. The van der Waals surface area contributed by atoms with Crippen LogP contribution in [0.2, 0.25) is 0 Å². The van der Waals surface area contributed by atoms with E-state index in [-0.39, 0.29) is 11.5 Å². The third-order valence-corrected chi connectivity index (χ3v) is 6.28. The molecule has 0 saturated heterocycles. The van der Waals surface area contributed by atoms with Gasteiger partial charge in [0.2, 0.25) is 0 Å². The Morgan fingerprint density at radius 1 is 1.25 bits per heavy atom. The molecule has 4 aromatic rings. The van der Waals surface area contributed by atoms with Crippen molar-refractivity contribution in [1.82, 2.24) is 14.5 Å². The number of anilines is 1. The number of ether oxygens (including phenoxy) is 1. The van der Waals surface area contributed by atoms with E-state index in [2.05, 4.69) is 15.3 Å². The van der Waals surface area contributed by atoms with Crippen molar-refractivity contribution in [1.29, 1.82) is 0 Å². The van der Waals surface area contributed by atoms with Gasteiger partial charge in [-0.3, -0.25) is 14.9 Å². The van der Waals surface area contributed by atoms with Crippen LogP contribution in [0.1, 0.15) is 15.2 Å². The quantitative estimate of drug-likeness (QED) is 0.552. The molecule has 7 nitrogen and oxygen atoms in total. The fraction of sp³-hybridized carbons (Fsp3) is 0.158. The van der Waals surface area contributed by atoms with Crippen LogP contribution in [0, 0.1) is 6.92 Å². The largest absolute Gasteiger partial charge is 0.497 e. The fourth-order valence-corrected chi connectivity index (χ4v) is 4.55. The first-order chi connectivity index (χ1) is 13.5. The molecule has 0 saturated carbocycles. The Morgan fingerprint density at radius 2 is 2.00 bits per heavy atom. The van der Waals surface area contributed by atoms with Gasteiger partial charge in [0.15, 0.2) is 5.13 Å². The SMILES string of the molecule is COc1ccc(-c2csc(NC(=O)c3sc4ncn(C)c(=O)c4c3C)n2)cc1. The van der Waals surface area contributed by atoms with Crippen molar-refractivity contribution in [3.63, 3.8) is 0 Å². The number of hydrogen-bond donors (Lipinski definition) is 1. The highest BCUT2D eigenvalue weighted by molar-refractivity contribution is 7.21. The Balaban J connectivity index is 1.60. The number of thiophene rings is 1. The van der Waals surface area contributed by atoms with E-state index in [1.807, 2.05) is 29.6 Å². The summed E-state index contributed by atoms with van der Waals surface area (Å²) in [5, 5.41) is 5.68. The van der Waals surface area contributed by atoms with Crippen LogP contribution in [0.5, 0.6) is 5.75 Å². The third kappa shape index (κ3) is 3.19. The fourth-order valence-electron chi connectivity index (χ4n) is 2.80. The summed E-state index contributed by atoms with van der Waals surface area (Å²) in [5.41, 5.74) is 2.18. The van der Waals surface area contributed by atoms with Crippen molar-refractivity contribution in [3.05, 3.63) is 56.8 Å². The lowest BCUT2D eigenvalue weighted by atomic mass is 10.2. The average Bonchev–Trinajstić information content (AvgIpc) is 3.30. The third-order valence-electron chi connectivity index (χ3n) is 4.33. The van der Waals surface area contributed by atoms with Crippen molar-refractivity contribution in [3.8, 4) is 17.0 Å². The molecular formula is C19H16N4O3S2. The zero-order chi connectivity index (χ0) is 19.8. The number of hydrogen-bond acceptors (Lipinski definition) is 7. The molecule has 0 radical (unpaired) electrons. The van der Waals surface area contributed by atoms with Gasteiger partial charge in [-0.2, -0.15) is 0 Å². The van der Waals surface area contributed by atoms with Gasteiger partial charge in [-0.25, -0.2) is 9.97 Å². The number of nitrogens with one attached hydrogen (secondary N) is 1. The van der Waals surface area contributed by atoms with Gasteiger partial charge in [0.05, 0.1) is 29.4 Å². The molecule has 9 heteroatoms. The highest BCUT2D eigenvalue weighted by atomic mass is 32.1. The van der Waals surface area contributed by atoms with Crippen LogP contribution in [0.3, 0.4) is 0 Å². The first-order valence-electron chi connectivity index (χ1n) is 8.34. The molecule has 1 amide bonds. The van der Waals surface area contributed by atoms with Crippen LogP contribution in [0.4, 0.5) is 5.13 Å². The molecule has 0 unspecified atom stereocenters. The number of aryl methyl sites for hydroxylation is 2. The molecule has 3 aromatic heterocycles. The highest BCUT2D eigenvalue weighted by Crippen LogP contribution is 2.30. The summed E-state index contributed by atoms with van der Waals surface area (Å²) in [7, 11) is 3.26. The van der Waals surface area contributed by atoms with Crippen LogP contribution < -0.4 is 15.6 Å². The van der Waals surface area contributed by atoms with Gasteiger partial charge in [-0.05, 0) is 36.8 Å². The molecule has 0 bridgehead atoms. The summed E-state index contributed by atoms with van der Waals surface area (Å²) in [4.78, 5) is 34.8. The minimum absolute atomic E-state index is 0.158. The first kappa shape index (κ1) is 18.3. The highest BCUT2D eigenvalue weighted by Gasteiger charge is 2.20. The van der Waals surface area contributed by atoms with E-state index in [0.29, 0.717) is 25.8 Å². The maximum absolute atomic E-state index is 12.7. The second-order valence-electron chi connectivity index (χ2n) is 6.12. The van der Waals surface area contributed by atoms with Gasteiger partial charge in [-0.1, -0.05) is 0 Å². The number of aromatic nitrogens is 3. The Labute approximate surface area is 168 Å². The van der Waals surface area contributed by atoms with Crippen molar-refractivity contribution in [2.45, 2.75) is 6.92 Å². The summed E-state index contributed by atoms with van der Waals surface area (Å²) in [5.74, 6) is 0.477. The Morgan fingerprint density at radius 3 is 2.71 bits per heavy atom. The van der Waals surface area contributed by atoms with Crippen molar-refractivity contribution < 1.29 is 9.53 Å². The number of carbonyl (C=O) groups excluding carboxylic acids is 1. The van der Waals surface area contributed by atoms with Crippen LogP contribution in [-0.2, 0) is 7.05 Å². The number of fused-ring (bicyclic) bond motifs is 1. The summed E-state index contributed by atoms with van der Waals surface area (Å²) >= 11 is 2.55. The van der Waals surface area contributed by atoms with Crippen molar-refractivity contribution >= 4 is 43.9 Å². The van der Waals surface area contributed by atoms with Gasteiger partial charge in [0.1, 0.15) is 10.6 Å². The van der Waals surface area contributed by atoms with E-state index in [1.54, 1.807) is 21.1 Å². The molecule has 0 atom stereocenters. The summed E-state index contributed by atoms with van der Waals surface area (Å²) < 4.78 is 6.57. The summed E-state index contributed by atoms with van der Waals surface area (Å²) in [6, 6.07) is 7.55. The Hall–Kier alpha value is -3.04. The van der Waals surface area contributed by atoms with E-state index >= 15 is 0 Å². The smallest absolute Gasteiger partial charge is 0.267 e. The number of nitrogens with zero attached hydrogens (tertiary/aromatic N) is 3. The zero-order valence-electron chi connectivity index (χ0n) is 15.3. The number of rotatable bonds is 4. The molecule has 3 heterocycles. The molecule has 1 N–H and O–H groups in total. The molecule has 0 spiro atoms. The molecule has 142 valence electrons. The van der Waals surface area contributed by atoms with E-state index in [0.717, 1.165) is 17.0 Å². The normalized spacial score (nSPS) is 11.0. The molecule has 0 aliphatic rings. The number of amides is 1. The monoisotopic (exact) mass is 412 g/mol. The molecule has 28 heavy (non-hydrogen) atoms. The Bertz CT molecular complexity index is 1240. The number of methoxy groups -OCH3 is 1. The number of thiazole rings is 1. The standard InChI is InChI=1S/C19H16N4O3S2/c1-10-14-17(20-9-23(2)18(14)25)28-15(10)16(24)22-19-21-13(8-27-19)11-4-6-12(26-3)7-5-11/h4-9H,1-3H3,(H,21,22,24). The second kappa shape index (κ2) is 7.17. The van der Waals surface area contributed by atoms with Gasteiger partial charge >= 0.3 is 0 Å². The lowest BCUT2D eigenvalue weighted by Crippen LogP contribution is -2.17. The molecular weight excluding hydrogens is 396 g/mol. The van der Waals surface area contributed by atoms with Crippen LogP contribution in [0.15, 0.2) is 40.8 Å². The predicted molar refractivity (Wildman–Crippen MR) is 112 cm³/mol. The minimum atomic E-state index is -0.293. The molecule has 1 aromatic carbocycles. The Kier molecular flexibility index (Phi) is 4.70. The topological polar surface area (TPSA) is 86.1 Å². The molecule has 0 fully saturated rings. The van der Waals surface area contributed by atoms with E-state index < -0.39 is 0 Å². The summed E-state index contributed by atoms with van der Waals surface area (Å²) in [6.07, 6.45) is 1.46. The van der Waals surface area contributed by atoms with E-state index in [9.17, 15) is 9.59 Å². The maximum atomic E-state index is 12.7. The van der Waals surface area contributed by atoms with Crippen molar-refractivity contribution in [2.24, 2.45) is 7.05 Å². The second-order valence-corrected chi connectivity index (χ2v) is 7.97. The van der Waals surface area contributed by atoms with Crippen LogP contribution in [0.25, 0.3) is 21.5 Å². The lowest BCUT2D eigenvalue weighted by molar-refractivity contribution is 0.103. The van der Waals surface area contributed by atoms with Crippen molar-refractivity contribution in [2.75, 3.05) is 12.4 Å². The van der Waals surface area contributed by atoms with E-state index in [4.69, 9.17) is 4.74 Å². The summed E-state index contributed by atoms with van der Waals surface area (Å²) in [6.45, 7) is 1.77. The van der Waals surface area contributed by atoms with E-state index in [1.165, 1.54) is 33.6 Å². The number of carbonyl (C=O) groups is 1. The minimum Gasteiger partial charge on any atom is -0.497 e. The zero-order valence-corrected chi connectivity index (χ0v) is 17.0. The van der Waals surface area contributed by atoms with Crippen LogP contribution >= 0.6 is 22.7 Å². The predicted octanol–water partition coefficient (Wildman–Crippen LogP) is 3.69. The number of benzene rings is 1. The lowest BCUT2D eigenvalue weighted by Gasteiger charge is -2.01. The van der Waals surface area contributed by atoms with Gasteiger partial charge < -0.3 is 9.30 Å². The molecule has 0 aliphatic heterocycles.